The number of hydrogen-bond acceptors (Lipinski definition) is 4. The molecule has 1 unspecified atom stereocenters. The van der Waals surface area contributed by atoms with E-state index in [2.05, 4.69) is 10.3 Å². The molecule has 0 aliphatic carbocycles. The third-order valence-electron chi connectivity index (χ3n) is 2.36. The minimum absolute atomic E-state index is 0.195. The van der Waals surface area contributed by atoms with Gasteiger partial charge in [0, 0.05) is 5.56 Å². The number of nitrogens with one attached hydrogen (secondary N) is 1. The second-order valence-corrected chi connectivity index (χ2v) is 3.50. The fourth-order valence-corrected chi connectivity index (χ4v) is 1.42. The van der Waals surface area contributed by atoms with Gasteiger partial charge < -0.3 is 15.8 Å². The molecule has 0 saturated heterocycles. The number of carbonyl (C=O) groups is 2. The highest BCUT2D eigenvalue weighted by Gasteiger charge is 2.28. The first-order valence-corrected chi connectivity index (χ1v) is 4.95. The third-order valence-corrected chi connectivity index (χ3v) is 2.36. The molecule has 0 spiro atoms. The normalized spacial score (nSPS) is 19.6. The van der Waals surface area contributed by atoms with E-state index in [4.69, 9.17) is 10.5 Å². The van der Waals surface area contributed by atoms with Gasteiger partial charge in [-0.25, -0.2) is 0 Å². The Morgan fingerprint density at radius 1 is 1.41 bits per heavy atom. The maximum Gasteiger partial charge on any atom is 0.274 e. The Morgan fingerprint density at radius 2 is 2.18 bits per heavy atom. The lowest BCUT2D eigenvalue weighted by molar-refractivity contribution is -0.129. The number of nitrogens with two attached hydrogens (primary N) is 1. The van der Waals surface area contributed by atoms with Gasteiger partial charge in [0.15, 0.2) is 6.04 Å². The monoisotopic (exact) mass is 233 g/mol. The minimum Gasteiger partial charge on any atom is -0.497 e. The summed E-state index contributed by atoms with van der Waals surface area (Å²) in [4.78, 5) is 26.4. The Morgan fingerprint density at radius 3 is 2.82 bits per heavy atom. The molecule has 1 heterocycles. The fraction of sp³-hybridized carbons (Fsp3) is 0.182. The van der Waals surface area contributed by atoms with Gasteiger partial charge in [-0.2, -0.15) is 4.99 Å². The molecule has 3 N–H and O–H groups in total. The average Bonchev–Trinajstić information content (AvgIpc) is 2.35. The van der Waals surface area contributed by atoms with Gasteiger partial charge in [-0.3, -0.25) is 9.59 Å². The van der Waals surface area contributed by atoms with Crippen LogP contribution in [0.3, 0.4) is 0 Å². The molecular formula is C11H11N3O3. The van der Waals surface area contributed by atoms with Crippen molar-refractivity contribution in [2.75, 3.05) is 7.11 Å². The number of hydrogen-bond donors (Lipinski definition) is 2. The smallest absolute Gasteiger partial charge is 0.274 e. The molecule has 1 aliphatic heterocycles. The number of amides is 2. The Hall–Kier alpha value is -2.21. The minimum atomic E-state index is -1.22. The molecule has 0 fully saturated rings. The molecule has 17 heavy (non-hydrogen) atoms. The van der Waals surface area contributed by atoms with Crippen molar-refractivity contribution in [1.82, 2.24) is 5.32 Å². The van der Waals surface area contributed by atoms with E-state index < -0.39 is 17.9 Å². The summed E-state index contributed by atoms with van der Waals surface area (Å²) in [6.07, 6.45) is 0. The molecule has 6 nitrogen and oxygen atoms in total. The Bertz CT molecular complexity index is 510. The lowest BCUT2D eigenvalue weighted by Crippen LogP contribution is -2.52. The van der Waals surface area contributed by atoms with Crippen molar-refractivity contribution in [3.05, 3.63) is 29.8 Å². The largest absolute Gasteiger partial charge is 0.497 e. The zero-order chi connectivity index (χ0) is 12.4. The highest BCUT2D eigenvalue weighted by atomic mass is 16.5. The van der Waals surface area contributed by atoms with Gasteiger partial charge in [0.1, 0.15) is 11.6 Å². The molecule has 1 aromatic carbocycles. The number of aliphatic imine (C=N–C) groups is 1. The van der Waals surface area contributed by atoms with Crippen LogP contribution in [0.1, 0.15) is 5.56 Å². The van der Waals surface area contributed by atoms with Crippen molar-refractivity contribution < 1.29 is 14.3 Å². The summed E-state index contributed by atoms with van der Waals surface area (Å²) in [5, 5.41) is 2.47. The molecule has 88 valence electrons. The van der Waals surface area contributed by atoms with E-state index in [0.717, 1.165) is 0 Å². The van der Waals surface area contributed by atoms with Crippen molar-refractivity contribution in [2.45, 2.75) is 6.04 Å². The number of amidine groups is 1. The molecule has 1 aliphatic rings. The zero-order valence-electron chi connectivity index (χ0n) is 9.14. The maximum absolute atomic E-state index is 11.4. The van der Waals surface area contributed by atoms with Crippen molar-refractivity contribution in [1.29, 1.82) is 0 Å². The van der Waals surface area contributed by atoms with E-state index >= 15 is 0 Å². The van der Waals surface area contributed by atoms with E-state index in [9.17, 15) is 9.59 Å². The van der Waals surface area contributed by atoms with E-state index in [1.54, 1.807) is 24.3 Å². The van der Waals surface area contributed by atoms with Gasteiger partial charge >= 0.3 is 0 Å². The molecule has 2 rings (SSSR count). The van der Waals surface area contributed by atoms with Crippen LogP contribution in [0, 0.1) is 0 Å². The van der Waals surface area contributed by atoms with Gasteiger partial charge in [-0.1, -0.05) is 12.1 Å². The molecule has 6 heteroatoms. The summed E-state index contributed by atoms with van der Waals surface area (Å²) >= 11 is 0. The zero-order valence-corrected chi connectivity index (χ0v) is 9.14. The highest BCUT2D eigenvalue weighted by Crippen LogP contribution is 2.13. The fourth-order valence-electron chi connectivity index (χ4n) is 1.42. The van der Waals surface area contributed by atoms with Crippen LogP contribution < -0.4 is 15.8 Å². The van der Waals surface area contributed by atoms with E-state index in [1.807, 2.05) is 0 Å². The Balaban J connectivity index is 2.37. The summed E-state index contributed by atoms with van der Waals surface area (Å²) in [5.74, 6) is -0.392. The van der Waals surface area contributed by atoms with E-state index in [-0.39, 0.29) is 5.84 Å². The molecule has 0 aromatic heterocycles. The number of benzene rings is 1. The molecule has 0 radical (unpaired) electrons. The highest BCUT2D eigenvalue weighted by molar-refractivity contribution is 6.22. The van der Waals surface area contributed by atoms with Gasteiger partial charge in [-0.05, 0) is 12.1 Å². The first kappa shape index (κ1) is 11.3. The van der Waals surface area contributed by atoms with Crippen LogP contribution in [0.15, 0.2) is 29.3 Å². The number of ether oxygens (including phenoxy) is 1. The lowest BCUT2D eigenvalue weighted by atomic mass is 10.1. The lowest BCUT2D eigenvalue weighted by Gasteiger charge is -2.17. The van der Waals surface area contributed by atoms with Gasteiger partial charge in [0.05, 0.1) is 7.11 Å². The van der Waals surface area contributed by atoms with Crippen LogP contribution >= 0.6 is 0 Å². The SMILES string of the molecule is COc1cccc(C2=NC(=O)C(N)C(=O)N2)c1. The number of methoxy groups -OCH3 is 1. The van der Waals surface area contributed by atoms with Crippen LogP contribution in [0.25, 0.3) is 0 Å². The summed E-state index contributed by atoms with van der Waals surface area (Å²) in [6.45, 7) is 0. The second kappa shape index (κ2) is 4.34. The molecule has 1 atom stereocenters. The summed E-state index contributed by atoms with van der Waals surface area (Å²) in [5.41, 5.74) is 5.92. The third kappa shape index (κ3) is 2.16. The van der Waals surface area contributed by atoms with E-state index in [0.29, 0.717) is 11.3 Å². The molecule has 0 saturated carbocycles. The molecular weight excluding hydrogens is 222 g/mol. The number of carbonyl (C=O) groups excluding carboxylic acids is 2. The summed E-state index contributed by atoms with van der Waals surface area (Å²) < 4.78 is 5.04. The van der Waals surface area contributed by atoms with E-state index in [1.165, 1.54) is 7.11 Å². The van der Waals surface area contributed by atoms with Crippen molar-refractivity contribution in [3.8, 4) is 5.75 Å². The quantitative estimate of drug-likeness (QED) is 0.668. The van der Waals surface area contributed by atoms with Crippen LogP contribution in [0.5, 0.6) is 5.75 Å². The van der Waals surface area contributed by atoms with Crippen molar-refractivity contribution in [3.63, 3.8) is 0 Å². The second-order valence-electron chi connectivity index (χ2n) is 3.50. The maximum atomic E-state index is 11.4. The summed E-state index contributed by atoms with van der Waals surface area (Å²) in [7, 11) is 1.53. The predicted octanol–water partition coefficient (Wildman–Crippen LogP) is -0.575. The Labute approximate surface area is 97.5 Å². The van der Waals surface area contributed by atoms with Crippen LogP contribution in [0.2, 0.25) is 0 Å². The topological polar surface area (TPSA) is 93.8 Å². The molecule has 2 amide bonds. The number of rotatable bonds is 2. The van der Waals surface area contributed by atoms with Crippen LogP contribution in [0.4, 0.5) is 0 Å². The van der Waals surface area contributed by atoms with Gasteiger partial charge in [-0.15, -0.1) is 0 Å². The Kier molecular flexibility index (Phi) is 2.88. The first-order chi connectivity index (χ1) is 8.11. The molecule has 1 aromatic rings. The van der Waals surface area contributed by atoms with Crippen molar-refractivity contribution in [2.24, 2.45) is 10.7 Å². The average molecular weight is 233 g/mol. The molecule has 0 bridgehead atoms. The van der Waals surface area contributed by atoms with Crippen LogP contribution in [-0.2, 0) is 9.59 Å². The van der Waals surface area contributed by atoms with Crippen LogP contribution in [-0.4, -0.2) is 30.8 Å². The predicted molar refractivity (Wildman–Crippen MR) is 60.7 cm³/mol. The number of nitrogens with zero attached hydrogens (tertiary/aromatic N) is 1. The summed E-state index contributed by atoms with van der Waals surface area (Å²) in [6, 6.07) is 5.66. The van der Waals surface area contributed by atoms with Crippen molar-refractivity contribution >= 4 is 17.6 Å². The van der Waals surface area contributed by atoms with Gasteiger partial charge in [0.25, 0.3) is 11.8 Å². The first-order valence-electron chi connectivity index (χ1n) is 4.95. The van der Waals surface area contributed by atoms with Gasteiger partial charge in [0.2, 0.25) is 0 Å². The standard InChI is InChI=1S/C11H11N3O3/c1-17-7-4-2-3-6(5-7)9-13-10(15)8(12)11(16)14-9/h2-5,8H,12H2,1H3,(H,13,14,15,16).